The van der Waals surface area contributed by atoms with Crippen molar-refractivity contribution in [3.8, 4) is 5.75 Å². The fourth-order valence-corrected chi connectivity index (χ4v) is 2.78. The summed E-state index contributed by atoms with van der Waals surface area (Å²) in [5.41, 5.74) is 4.89. The van der Waals surface area contributed by atoms with Crippen LogP contribution in [0.4, 0.5) is 0 Å². The number of nitrogens with zero attached hydrogens (tertiary/aromatic N) is 1. The number of nitrogens with one attached hydrogen (secondary N) is 1. The predicted molar refractivity (Wildman–Crippen MR) is 95.4 cm³/mol. The number of ether oxygens (including phenoxy) is 1. The van der Waals surface area contributed by atoms with E-state index in [1.165, 1.54) is 5.56 Å². The summed E-state index contributed by atoms with van der Waals surface area (Å²) in [7, 11) is 0. The summed E-state index contributed by atoms with van der Waals surface area (Å²) in [6.07, 6.45) is 2.75. The van der Waals surface area contributed by atoms with Crippen molar-refractivity contribution in [2.75, 3.05) is 6.61 Å². The maximum absolute atomic E-state index is 11.7. The smallest absolute Gasteiger partial charge is 0.277 e. The molecule has 0 aliphatic heterocycles. The Labute approximate surface area is 141 Å². The molecule has 2 rings (SSSR count). The van der Waals surface area contributed by atoms with Crippen LogP contribution in [0.2, 0.25) is 0 Å². The Morgan fingerprint density at radius 3 is 2.70 bits per heavy atom. The van der Waals surface area contributed by atoms with Crippen molar-refractivity contribution in [3.63, 3.8) is 0 Å². The highest BCUT2D eigenvalue weighted by Crippen LogP contribution is 2.21. The molecule has 23 heavy (non-hydrogen) atoms. The van der Waals surface area contributed by atoms with E-state index in [1.807, 2.05) is 42.6 Å². The minimum atomic E-state index is -0.276. The van der Waals surface area contributed by atoms with Crippen LogP contribution in [-0.4, -0.2) is 18.7 Å². The van der Waals surface area contributed by atoms with Crippen molar-refractivity contribution < 1.29 is 9.53 Å². The second-order valence-electron chi connectivity index (χ2n) is 5.43. The molecular weight excluding hydrogens is 308 g/mol. The lowest BCUT2D eigenvalue weighted by atomic mass is 9.99. The monoisotopic (exact) mass is 330 g/mol. The van der Waals surface area contributed by atoms with Gasteiger partial charge in [-0.1, -0.05) is 26.0 Å². The Bertz CT molecular complexity index is 662. The van der Waals surface area contributed by atoms with Crippen LogP contribution in [-0.2, 0) is 4.79 Å². The van der Waals surface area contributed by atoms with Gasteiger partial charge in [0.2, 0.25) is 0 Å². The minimum Gasteiger partial charge on any atom is -0.484 e. The highest BCUT2D eigenvalue weighted by Gasteiger charge is 2.05. The summed E-state index contributed by atoms with van der Waals surface area (Å²) in [4.78, 5) is 12.7. The second-order valence-corrected chi connectivity index (χ2v) is 6.38. The third kappa shape index (κ3) is 5.21. The average Bonchev–Trinajstić information content (AvgIpc) is 2.98. The highest BCUT2D eigenvalue weighted by molar-refractivity contribution is 7.11. The molecule has 1 amide bonds. The number of hydrogen-bond acceptors (Lipinski definition) is 4. The van der Waals surface area contributed by atoms with Crippen LogP contribution in [0, 0.1) is 6.92 Å². The Morgan fingerprint density at radius 2 is 2.09 bits per heavy atom. The van der Waals surface area contributed by atoms with Gasteiger partial charge in [0.1, 0.15) is 5.75 Å². The summed E-state index contributed by atoms with van der Waals surface area (Å²) < 4.78 is 5.46. The van der Waals surface area contributed by atoms with Gasteiger partial charge >= 0.3 is 0 Å². The quantitative estimate of drug-likeness (QED) is 0.614. The lowest BCUT2D eigenvalue weighted by molar-refractivity contribution is -0.123. The van der Waals surface area contributed by atoms with E-state index in [-0.39, 0.29) is 12.5 Å². The van der Waals surface area contributed by atoms with Crippen LogP contribution >= 0.6 is 11.3 Å². The van der Waals surface area contributed by atoms with Crippen LogP contribution in [0.15, 0.2) is 40.8 Å². The first-order chi connectivity index (χ1) is 11.1. The van der Waals surface area contributed by atoms with Gasteiger partial charge in [-0.3, -0.25) is 4.79 Å². The normalized spacial score (nSPS) is 12.3. The van der Waals surface area contributed by atoms with Crippen molar-refractivity contribution in [2.24, 2.45) is 5.10 Å². The summed E-state index contributed by atoms with van der Waals surface area (Å²) in [6.45, 7) is 6.31. The molecule has 0 bridgehead atoms. The molecule has 2 aromatic rings. The molecule has 0 aliphatic rings. The number of amides is 1. The number of rotatable bonds is 7. The Morgan fingerprint density at radius 1 is 1.35 bits per heavy atom. The number of thiophene rings is 1. The van der Waals surface area contributed by atoms with Crippen LogP contribution in [0.3, 0.4) is 0 Å². The largest absolute Gasteiger partial charge is 0.484 e. The van der Waals surface area contributed by atoms with Gasteiger partial charge in [-0.2, -0.15) is 5.10 Å². The van der Waals surface area contributed by atoms with Gasteiger partial charge in [-0.05, 0) is 54.0 Å². The zero-order valence-corrected chi connectivity index (χ0v) is 14.5. The van der Waals surface area contributed by atoms with Crippen LogP contribution in [0.25, 0.3) is 0 Å². The molecule has 1 aromatic heterocycles. The maximum atomic E-state index is 11.7. The summed E-state index contributed by atoms with van der Waals surface area (Å²) in [6, 6.07) is 9.89. The zero-order chi connectivity index (χ0) is 16.7. The van der Waals surface area contributed by atoms with E-state index < -0.39 is 0 Å². The number of aryl methyl sites for hydroxylation is 1. The number of hydrazone groups is 1. The van der Waals surface area contributed by atoms with Crippen molar-refractivity contribution >= 4 is 23.5 Å². The predicted octanol–water partition coefficient (Wildman–Crippen LogP) is 4.10. The number of carbonyl (C=O) groups excluding carboxylic acids is 1. The average molecular weight is 330 g/mol. The molecule has 0 radical (unpaired) electrons. The van der Waals surface area contributed by atoms with E-state index in [9.17, 15) is 4.79 Å². The minimum absolute atomic E-state index is 0.0521. The molecule has 0 saturated heterocycles. The van der Waals surface area contributed by atoms with Gasteiger partial charge in [-0.25, -0.2) is 5.43 Å². The summed E-state index contributed by atoms with van der Waals surface area (Å²) >= 11 is 1.58. The van der Waals surface area contributed by atoms with E-state index >= 15 is 0 Å². The van der Waals surface area contributed by atoms with Crippen molar-refractivity contribution in [1.82, 2.24) is 5.43 Å². The van der Waals surface area contributed by atoms with Gasteiger partial charge in [0.25, 0.3) is 5.91 Å². The molecule has 122 valence electrons. The van der Waals surface area contributed by atoms with Gasteiger partial charge in [0.15, 0.2) is 6.61 Å². The van der Waals surface area contributed by atoms with Crippen LogP contribution in [0.1, 0.15) is 42.2 Å². The molecule has 1 atom stereocenters. The SMILES string of the molecule is CCC(C)c1ccc(OCC(=O)N/N=C/c2sccc2C)cc1. The molecule has 0 spiro atoms. The van der Waals surface area contributed by atoms with Crippen molar-refractivity contribution in [1.29, 1.82) is 0 Å². The molecule has 1 N–H and O–H groups in total. The Kier molecular flexibility index (Phi) is 6.35. The van der Waals surface area contributed by atoms with E-state index in [2.05, 4.69) is 24.4 Å². The first kappa shape index (κ1) is 17.2. The van der Waals surface area contributed by atoms with E-state index in [1.54, 1.807) is 17.6 Å². The van der Waals surface area contributed by atoms with Crippen molar-refractivity contribution in [2.45, 2.75) is 33.1 Å². The number of hydrogen-bond donors (Lipinski definition) is 1. The first-order valence-electron chi connectivity index (χ1n) is 7.69. The fourth-order valence-electron chi connectivity index (χ4n) is 1.99. The van der Waals surface area contributed by atoms with Crippen molar-refractivity contribution in [3.05, 3.63) is 51.7 Å². The fraction of sp³-hybridized carbons (Fsp3) is 0.333. The molecule has 4 nitrogen and oxygen atoms in total. The second kappa shape index (κ2) is 8.48. The number of benzene rings is 1. The third-order valence-electron chi connectivity index (χ3n) is 3.70. The first-order valence-corrected chi connectivity index (χ1v) is 8.57. The van der Waals surface area contributed by atoms with Crippen LogP contribution in [0.5, 0.6) is 5.75 Å². The topological polar surface area (TPSA) is 50.7 Å². The molecule has 1 aromatic carbocycles. The molecule has 0 fully saturated rings. The standard InChI is InChI=1S/C18H22N2O2S/c1-4-13(2)15-5-7-16(8-6-15)22-12-18(21)20-19-11-17-14(3)9-10-23-17/h5-11,13H,4,12H2,1-3H3,(H,20,21)/b19-11+. The van der Waals surface area contributed by atoms with E-state index in [4.69, 9.17) is 4.74 Å². The summed E-state index contributed by atoms with van der Waals surface area (Å²) in [5, 5.41) is 5.93. The van der Waals surface area contributed by atoms with Crippen LogP contribution < -0.4 is 10.2 Å². The molecular formula is C18H22N2O2S. The van der Waals surface area contributed by atoms with E-state index in [0.29, 0.717) is 11.7 Å². The van der Waals surface area contributed by atoms with E-state index in [0.717, 1.165) is 16.9 Å². The molecule has 1 heterocycles. The Balaban J connectivity index is 1.78. The molecule has 1 unspecified atom stereocenters. The number of carbonyl (C=O) groups is 1. The lowest BCUT2D eigenvalue weighted by Gasteiger charge is -2.10. The molecule has 0 saturated carbocycles. The molecule has 0 aliphatic carbocycles. The van der Waals surface area contributed by atoms with Gasteiger partial charge in [0, 0.05) is 4.88 Å². The third-order valence-corrected chi connectivity index (χ3v) is 4.66. The maximum Gasteiger partial charge on any atom is 0.277 e. The van der Waals surface area contributed by atoms with Gasteiger partial charge < -0.3 is 4.74 Å². The molecule has 5 heteroatoms. The Hall–Kier alpha value is -2.14. The lowest BCUT2D eigenvalue weighted by Crippen LogP contribution is -2.24. The zero-order valence-electron chi connectivity index (χ0n) is 13.7. The van der Waals surface area contributed by atoms with Gasteiger partial charge in [0.05, 0.1) is 6.21 Å². The van der Waals surface area contributed by atoms with Gasteiger partial charge in [-0.15, -0.1) is 11.3 Å². The highest BCUT2D eigenvalue weighted by atomic mass is 32.1. The summed E-state index contributed by atoms with van der Waals surface area (Å²) in [5.74, 6) is 0.939.